The van der Waals surface area contributed by atoms with E-state index in [-0.39, 0.29) is 5.54 Å². The van der Waals surface area contributed by atoms with Crippen molar-refractivity contribution in [3.8, 4) is 0 Å². The molecule has 0 N–H and O–H groups in total. The Hall–Kier alpha value is -0.530. The van der Waals surface area contributed by atoms with E-state index in [9.17, 15) is 4.79 Å². The molecule has 2 atom stereocenters. The fourth-order valence-electron chi connectivity index (χ4n) is 2.42. The number of carbonyl (C=O) groups excluding carboxylic acids is 1. The first-order chi connectivity index (χ1) is 5.53. The Bertz CT molecular complexity index is 177. The minimum Gasteiger partial charge on any atom is -0.337 e. The van der Waals surface area contributed by atoms with Crippen molar-refractivity contribution in [2.24, 2.45) is 5.92 Å². The van der Waals surface area contributed by atoms with Crippen molar-refractivity contribution < 1.29 is 4.79 Å². The zero-order valence-electron chi connectivity index (χ0n) is 8.50. The summed E-state index contributed by atoms with van der Waals surface area (Å²) in [6.45, 7) is 8.64. The summed E-state index contributed by atoms with van der Waals surface area (Å²) in [4.78, 5) is 12.8. The maximum absolute atomic E-state index is 10.8. The molecule has 0 aromatic heterocycles. The van der Waals surface area contributed by atoms with E-state index in [0.29, 0.717) is 12.0 Å². The Labute approximate surface area is 74.9 Å². The van der Waals surface area contributed by atoms with E-state index in [4.69, 9.17) is 0 Å². The van der Waals surface area contributed by atoms with Gasteiger partial charge in [0, 0.05) is 11.6 Å². The molecule has 0 spiro atoms. The number of carbonyl (C=O) groups is 1. The van der Waals surface area contributed by atoms with E-state index in [1.54, 1.807) is 0 Å². The summed E-state index contributed by atoms with van der Waals surface area (Å²) in [6, 6.07) is 0.419. The Morgan fingerprint density at radius 1 is 1.58 bits per heavy atom. The lowest BCUT2D eigenvalue weighted by molar-refractivity contribution is -0.122. The summed E-state index contributed by atoms with van der Waals surface area (Å²) in [5.41, 5.74) is 0.0713. The molecule has 0 bridgehead atoms. The number of nitrogens with zero attached hydrogens (tertiary/aromatic N) is 1. The molecule has 0 saturated carbocycles. The second-order valence-corrected chi connectivity index (χ2v) is 4.44. The van der Waals surface area contributed by atoms with Crippen molar-refractivity contribution in [1.82, 2.24) is 4.90 Å². The second kappa shape index (κ2) is 3.08. The molecule has 1 aliphatic rings. The number of hydrogen-bond acceptors (Lipinski definition) is 1. The molecule has 70 valence electrons. The van der Waals surface area contributed by atoms with Gasteiger partial charge in [0.2, 0.25) is 6.41 Å². The van der Waals surface area contributed by atoms with Crippen LogP contribution in [0.1, 0.15) is 40.5 Å². The SMILES string of the molecule is CCC1CC(C)(C)N(C=O)C1C. The standard InChI is InChI=1S/C10H19NO/c1-5-9-6-10(3,4)11(7-12)8(9)2/h7-9H,5-6H2,1-4H3. The molecule has 2 unspecified atom stereocenters. The van der Waals surface area contributed by atoms with Crippen LogP contribution < -0.4 is 0 Å². The van der Waals surface area contributed by atoms with Crippen LogP contribution in [-0.2, 0) is 4.79 Å². The third-order valence-electron chi connectivity index (χ3n) is 3.22. The molecule has 0 aliphatic carbocycles. The van der Waals surface area contributed by atoms with Gasteiger partial charge >= 0.3 is 0 Å². The van der Waals surface area contributed by atoms with Crippen LogP contribution >= 0.6 is 0 Å². The molecular formula is C10H19NO. The molecule has 1 fully saturated rings. The van der Waals surface area contributed by atoms with Gasteiger partial charge in [-0.2, -0.15) is 0 Å². The fraction of sp³-hybridized carbons (Fsp3) is 0.900. The lowest BCUT2D eigenvalue weighted by Crippen LogP contribution is -2.40. The lowest BCUT2D eigenvalue weighted by atomic mass is 9.93. The average Bonchev–Trinajstić information content (AvgIpc) is 2.21. The van der Waals surface area contributed by atoms with Crippen LogP contribution in [0.2, 0.25) is 0 Å². The molecule has 12 heavy (non-hydrogen) atoms. The maximum atomic E-state index is 10.8. The third-order valence-corrected chi connectivity index (χ3v) is 3.22. The first-order valence-electron chi connectivity index (χ1n) is 4.76. The minimum atomic E-state index is 0.0713. The molecule has 1 rings (SSSR count). The summed E-state index contributed by atoms with van der Waals surface area (Å²) in [5.74, 6) is 0.685. The highest BCUT2D eigenvalue weighted by Gasteiger charge is 2.41. The molecule has 1 amide bonds. The monoisotopic (exact) mass is 169 g/mol. The summed E-state index contributed by atoms with van der Waals surface area (Å²) >= 11 is 0. The maximum Gasteiger partial charge on any atom is 0.210 e. The fourth-order valence-corrected chi connectivity index (χ4v) is 2.42. The quantitative estimate of drug-likeness (QED) is 0.579. The van der Waals surface area contributed by atoms with Crippen molar-refractivity contribution in [1.29, 1.82) is 0 Å². The summed E-state index contributed by atoms with van der Waals surface area (Å²) in [5, 5.41) is 0. The smallest absolute Gasteiger partial charge is 0.210 e. The predicted octanol–water partition coefficient (Wildman–Crippen LogP) is 2.04. The summed E-state index contributed by atoms with van der Waals surface area (Å²) < 4.78 is 0. The van der Waals surface area contributed by atoms with Crippen LogP contribution in [0.4, 0.5) is 0 Å². The normalized spacial score (nSPS) is 33.8. The van der Waals surface area contributed by atoms with Crippen molar-refractivity contribution in [2.45, 2.75) is 52.1 Å². The minimum absolute atomic E-state index is 0.0713. The van der Waals surface area contributed by atoms with E-state index >= 15 is 0 Å². The van der Waals surface area contributed by atoms with Crippen molar-refractivity contribution >= 4 is 6.41 Å². The Kier molecular flexibility index (Phi) is 2.45. The van der Waals surface area contributed by atoms with Crippen LogP contribution in [0.25, 0.3) is 0 Å². The molecule has 0 radical (unpaired) electrons. The van der Waals surface area contributed by atoms with Gasteiger partial charge in [-0.05, 0) is 33.1 Å². The Morgan fingerprint density at radius 3 is 2.42 bits per heavy atom. The van der Waals surface area contributed by atoms with Gasteiger partial charge in [-0.15, -0.1) is 0 Å². The molecule has 2 heteroatoms. The van der Waals surface area contributed by atoms with Gasteiger partial charge in [0.1, 0.15) is 0 Å². The Morgan fingerprint density at radius 2 is 2.17 bits per heavy atom. The van der Waals surface area contributed by atoms with Gasteiger partial charge in [-0.1, -0.05) is 13.3 Å². The molecule has 0 aromatic carbocycles. The molecule has 0 aromatic rings. The third kappa shape index (κ3) is 1.35. The van der Waals surface area contributed by atoms with E-state index in [2.05, 4.69) is 27.7 Å². The van der Waals surface area contributed by atoms with E-state index in [1.165, 1.54) is 6.42 Å². The first kappa shape index (κ1) is 9.56. The van der Waals surface area contributed by atoms with E-state index in [1.807, 2.05) is 4.90 Å². The zero-order valence-corrected chi connectivity index (χ0v) is 8.50. The van der Waals surface area contributed by atoms with Gasteiger partial charge in [0.05, 0.1) is 0 Å². The molecule has 1 saturated heterocycles. The topological polar surface area (TPSA) is 20.3 Å². The van der Waals surface area contributed by atoms with Crippen molar-refractivity contribution in [2.75, 3.05) is 0 Å². The van der Waals surface area contributed by atoms with Crippen LogP contribution in [0, 0.1) is 5.92 Å². The van der Waals surface area contributed by atoms with Gasteiger partial charge < -0.3 is 4.90 Å². The summed E-state index contributed by atoms with van der Waals surface area (Å²) in [7, 11) is 0. The second-order valence-electron chi connectivity index (χ2n) is 4.44. The van der Waals surface area contributed by atoms with Gasteiger partial charge in [-0.25, -0.2) is 0 Å². The highest BCUT2D eigenvalue weighted by atomic mass is 16.1. The molecular weight excluding hydrogens is 150 g/mol. The van der Waals surface area contributed by atoms with Crippen LogP contribution in [0.15, 0.2) is 0 Å². The van der Waals surface area contributed by atoms with Crippen LogP contribution in [0.5, 0.6) is 0 Å². The van der Waals surface area contributed by atoms with Gasteiger partial charge in [0.15, 0.2) is 0 Å². The average molecular weight is 169 g/mol. The molecule has 1 heterocycles. The zero-order chi connectivity index (χ0) is 9.35. The number of rotatable bonds is 2. The van der Waals surface area contributed by atoms with Crippen molar-refractivity contribution in [3.05, 3.63) is 0 Å². The largest absolute Gasteiger partial charge is 0.337 e. The number of amides is 1. The molecule has 2 nitrogen and oxygen atoms in total. The highest BCUT2D eigenvalue weighted by Crippen LogP contribution is 2.37. The molecule has 1 aliphatic heterocycles. The number of likely N-dealkylation sites (tertiary alicyclic amines) is 1. The highest BCUT2D eigenvalue weighted by molar-refractivity contribution is 5.50. The number of hydrogen-bond donors (Lipinski definition) is 0. The summed E-state index contributed by atoms with van der Waals surface area (Å²) in [6.07, 6.45) is 3.32. The first-order valence-corrected chi connectivity index (χ1v) is 4.76. The lowest BCUT2D eigenvalue weighted by Gasteiger charge is -2.30. The predicted molar refractivity (Wildman–Crippen MR) is 49.8 cm³/mol. The van der Waals surface area contributed by atoms with Gasteiger partial charge in [-0.3, -0.25) is 4.79 Å². The van der Waals surface area contributed by atoms with Crippen molar-refractivity contribution in [3.63, 3.8) is 0 Å². The van der Waals surface area contributed by atoms with Gasteiger partial charge in [0.25, 0.3) is 0 Å². The van der Waals surface area contributed by atoms with Crippen LogP contribution in [0.3, 0.4) is 0 Å². The van der Waals surface area contributed by atoms with E-state index in [0.717, 1.165) is 12.8 Å². The Balaban J connectivity index is 2.79. The van der Waals surface area contributed by atoms with E-state index < -0.39 is 0 Å². The van der Waals surface area contributed by atoms with Crippen LogP contribution in [-0.4, -0.2) is 22.9 Å².